The first-order valence-electron chi connectivity index (χ1n) is 6.20. The van der Waals surface area contributed by atoms with Gasteiger partial charge in [0, 0.05) is 25.7 Å². The molecule has 0 bridgehead atoms. The number of aliphatic hydroxyl groups is 1. The van der Waals surface area contributed by atoms with Crippen molar-refractivity contribution in [3.63, 3.8) is 0 Å². The molecule has 1 heterocycles. The average molecular weight is 197 g/mol. The van der Waals surface area contributed by atoms with Crippen LogP contribution in [0.2, 0.25) is 0 Å². The molecule has 14 heavy (non-hydrogen) atoms. The molecule has 82 valence electrons. The summed E-state index contributed by atoms with van der Waals surface area (Å²) in [6.07, 6.45) is 6.59. The highest BCUT2D eigenvalue weighted by Crippen LogP contribution is 2.33. The molecule has 1 aliphatic heterocycles. The molecule has 0 amide bonds. The Bertz CT molecular complexity index is 177. The first kappa shape index (κ1) is 10.4. The van der Waals surface area contributed by atoms with Gasteiger partial charge in [-0.3, -0.25) is 4.90 Å². The fourth-order valence-corrected chi connectivity index (χ4v) is 3.02. The summed E-state index contributed by atoms with van der Waals surface area (Å²) in [6, 6.07) is 0.705. The van der Waals surface area contributed by atoms with Gasteiger partial charge in [-0.25, -0.2) is 0 Å². The minimum atomic E-state index is 0.401. The zero-order chi connectivity index (χ0) is 9.97. The molecule has 0 aromatic heterocycles. The monoisotopic (exact) mass is 197 g/mol. The summed E-state index contributed by atoms with van der Waals surface area (Å²) in [5, 5.41) is 9.33. The van der Waals surface area contributed by atoms with Crippen LogP contribution >= 0.6 is 0 Å². The molecule has 0 aromatic carbocycles. The van der Waals surface area contributed by atoms with Crippen LogP contribution in [0.1, 0.15) is 39.0 Å². The maximum absolute atomic E-state index is 9.33. The van der Waals surface area contributed by atoms with Crippen LogP contribution in [-0.2, 0) is 0 Å². The molecule has 2 rings (SSSR count). The van der Waals surface area contributed by atoms with E-state index in [1.807, 2.05) is 0 Å². The SMILES string of the molecule is CCC1CN(C2CCCCC2CO)C1. The highest BCUT2D eigenvalue weighted by Gasteiger charge is 2.36. The molecule has 1 saturated heterocycles. The summed E-state index contributed by atoms with van der Waals surface area (Å²) in [4.78, 5) is 2.61. The van der Waals surface area contributed by atoms with Crippen LogP contribution < -0.4 is 0 Å². The summed E-state index contributed by atoms with van der Waals surface area (Å²) in [5.74, 6) is 1.51. The molecule has 2 aliphatic rings. The first-order valence-corrected chi connectivity index (χ1v) is 6.20. The molecule has 1 saturated carbocycles. The second kappa shape index (κ2) is 4.63. The number of hydrogen-bond acceptors (Lipinski definition) is 2. The van der Waals surface area contributed by atoms with E-state index in [4.69, 9.17) is 0 Å². The van der Waals surface area contributed by atoms with Crippen molar-refractivity contribution in [3.8, 4) is 0 Å². The fourth-order valence-electron chi connectivity index (χ4n) is 3.02. The molecule has 1 N–H and O–H groups in total. The first-order chi connectivity index (χ1) is 6.85. The second-order valence-electron chi connectivity index (χ2n) is 5.02. The van der Waals surface area contributed by atoms with Crippen molar-refractivity contribution in [1.82, 2.24) is 4.90 Å². The molecular weight excluding hydrogens is 174 g/mol. The topological polar surface area (TPSA) is 23.5 Å². The standard InChI is InChI=1S/C12H23NO/c1-2-10-7-13(8-10)12-6-4-3-5-11(12)9-14/h10-12,14H,2-9H2,1H3. The summed E-state index contributed by atoms with van der Waals surface area (Å²) in [6.45, 7) is 5.26. The number of rotatable bonds is 3. The third-order valence-electron chi connectivity index (χ3n) is 4.14. The highest BCUT2D eigenvalue weighted by molar-refractivity contribution is 4.90. The van der Waals surface area contributed by atoms with Gasteiger partial charge < -0.3 is 5.11 Å². The Balaban J connectivity index is 1.83. The van der Waals surface area contributed by atoms with Gasteiger partial charge >= 0.3 is 0 Å². The van der Waals surface area contributed by atoms with E-state index in [-0.39, 0.29) is 0 Å². The van der Waals surface area contributed by atoms with Gasteiger partial charge in [0.15, 0.2) is 0 Å². The summed E-state index contributed by atoms with van der Waals surface area (Å²) < 4.78 is 0. The quantitative estimate of drug-likeness (QED) is 0.746. The molecule has 2 unspecified atom stereocenters. The van der Waals surface area contributed by atoms with Gasteiger partial charge in [-0.1, -0.05) is 26.2 Å². The molecule has 2 nitrogen and oxygen atoms in total. The molecule has 2 atom stereocenters. The minimum absolute atomic E-state index is 0.401. The van der Waals surface area contributed by atoms with Gasteiger partial charge in [0.25, 0.3) is 0 Å². The van der Waals surface area contributed by atoms with E-state index in [2.05, 4.69) is 11.8 Å². The van der Waals surface area contributed by atoms with Gasteiger partial charge in [-0.15, -0.1) is 0 Å². The zero-order valence-corrected chi connectivity index (χ0v) is 9.28. The molecule has 2 fully saturated rings. The van der Waals surface area contributed by atoms with Crippen LogP contribution in [0.3, 0.4) is 0 Å². The molecule has 2 heteroatoms. The van der Waals surface area contributed by atoms with E-state index in [0.717, 1.165) is 5.92 Å². The fraction of sp³-hybridized carbons (Fsp3) is 1.00. The van der Waals surface area contributed by atoms with Crippen molar-refractivity contribution < 1.29 is 5.11 Å². The lowest BCUT2D eigenvalue weighted by molar-refractivity contribution is -0.00971. The summed E-state index contributed by atoms with van der Waals surface area (Å²) in [7, 11) is 0. The van der Waals surface area contributed by atoms with E-state index in [0.29, 0.717) is 18.6 Å². The lowest BCUT2D eigenvalue weighted by atomic mass is 9.81. The Morgan fingerprint density at radius 3 is 2.57 bits per heavy atom. The van der Waals surface area contributed by atoms with E-state index in [9.17, 15) is 5.11 Å². The Morgan fingerprint density at radius 2 is 1.93 bits per heavy atom. The van der Waals surface area contributed by atoms with Crippen molar-refractivity contribution in [2.24, 2.45) is 11.8 Å². The largest absolute Gasteiger partial charge is 0.396 e. The summed E-state index contributed by atoms with van der Waals surface area (Å²) in [5.41, 5.74) is 0. The predicted molar refractivity (Wildman–Crippen MR) is 58.2 cm³/mol. The van der Waals surface area contributed by atoms with Crippen molar-refractivity contribution >= 4 is 0 Å². The van der Waals surface area contributed by atoms with E-state index in [1.54, 1.807) is 0 Å². The minimum Gasteiger partial charge on any atom is -0.396 e. The Hall–Kier alpha value is -0.0800. The van der Waals surface area contributed by atoms with Crippen molar-refractivity contribution in [2.75, 3.05) is 19.7 Å². The zero-order valence-electron chi connectivity index (χ0n) is 9.28. The lowest BCUT2D eigenvalue weighted by Crippen LogP contribution is -2.55. The van der Waals surface area contributed by atoms with E-state index in [1.165, 1.54) is 45.2 Å². The van der Waals surface area contributed by atoms with Crippen molar-refractivity contribution in [3.05, 3.63) is 0 Å². The van der Waals surface area contributed by atoms with Crippen LogP contribution in [0.5, 0.6) is 0 Å². The number of aliphatic hydroxyl groups excluding tert-OH is 1. The predicted octanol–water partition coefficient (Wildman–Crippen LogP) is 1.88. The van der Waals surface area contributed by atoms with Crippen molar-refractivity contribution in [2.45, 2.75) is 45.1 Å². The molecule has 0 spiro atoms. The van der Waals surface area contributed by atoms with Gasteiger partial charge in [-0.2, -0.15) is 0 Å². The second-order valence-corrected chi connectivity index (χ2v) is 5.02. The van der Waals surface area contributed by atoms with Gasteiger partial charge in [0.1, 0.15) is 0 Å². The maximum atomic E-state index is 9.33. The van der Waals surface area contributed by atoms with Crippen LogP contribution in [0, 0.1) is 11.8 Å². The number of nitrogens with zero attached hydrogens (tertiary/aromatic N) is 1. The van der Waals surface area contributed by atoms with E-state index < -0.39 is 0 Å². The van der Waals surface area contributed by atoms with Gasteiger partial charge in [0.2, 0.25) is 0 Å². The average Bonchev–Trinajstić information content (AvgIpc) is 2.17. The Kier molecular flexibility index (Phi) is 3.45. The third-order valence-corrected chi connectivity index (χ3v) is 4.14. The maximum Gasteiger partial charge on any atom is 0.0474 e. The summed E-state index contributed by atoms with van der Waals surface area (Å²) >= 11 is 0. The molecule has 0 radical (unpaired) electrons. The Morgan fingerprint density at radius 1 is 1.21 bits per heavy atom. The highest BCUT2D eigenvalue weighted by atomic mass is 16.3. The third kappa shape index (κ3) is 1.96. The molecular formula is C12H23NO. The van der Waals surface area contributed by atoms with Crippen molar-refractivity contribution in [1.29, 1.82) is 0 Å². The van der Waals surface area contributed by atoms with Gasteiger partial charge in [0.05, 0.1) is 0 Å². The smallest absolute Gasteiger partial charge is 0.0474 e. The van der Waals surface area contributed by atoms with Crippen LogP contribution in [0.15, 0.2) is 0 Å². The van der Waals surface area contributed by atoms with E-state index >= 15 is 0 Å². The van der Waals surface area contributed by atoms with Gasteiger partial charge in [-0.05, 0) is 24.7 Å². The normalized spacial score (nSPS) is 35.6. The van der Waals surface area contributed by atoms with Crippen LogP contribution in [0.25, 0.3) is 0 Å². The van der Waals surface area contributed by atoms with Crippen LogP contribution in [0.4, 0.5) is 0 Å². The Labute approximate surface area is 87.3 Å². The van der Waals surface area contributed by atoms with Crippen LogP contribution in [-0.4, -0.2) is 35.7 Å². The number of hydrogen-bond donors (Lipinski definition) is 1. The number of likely N-dealkylation sites (tertiary alicyclic amines) is 1. The molecule has 1 aliphatic carbocycles. The molecule has 0 aromatic rings. The lowest BCUT2D eigenvalue weighted by Gasteiger charge is -2.48.